The molecule has 1 amide bonds. The Bertz CT molecular complexity index is 246. The van der Waals surface area contributed by atoms with Crippen LogP contribution in [0.25, 0.3) is 0 Å². The quantitative estimate of drug-likeness (QED) is 0.659. The van der Waals surface area contributed by atoms with Gasteiger partial charge in [-0.05, 0) is 12.8 Å². The molecule has 0 aliphatic heterocycles. The summed E-state index contributed by atoms with van der Waals surface area (Å²) in [6.07, 6.45) is 1.30. The lowest BCUT2D eigenvalue weighted by atomic mass is 9.93. The number of nitrogens with one attached hydrogen (secondary N) is 1. The highest BCUT2D eigenvalue weighted by Crippen LogP contribution is 2.15. The fraction of sp³-hybridized carbons (Fsp3) is 0.600. The van der Waals surface area contributed by atoms with Crippen molar-refractivity contribution in [1.82, 2.24) is 5.32 Å². The molecule has 0 aromatic carbocycles. The lowest BCUT2D eigenvalue weighted by Gasteiger charge is -2.27. The topological polar surface area (TPSA) is 75.6 Å². The van der Waals surface area contributed by atoms with Crippen molar-refractivity contribution in [2.45, 2.75) is 32.2 Å². The molecule has 0 saturated carbocycles. The average Bonchev–Trinajstić information content (AvgIpc) is 2.22. The van der Waals surface area contributed by atoms with E-state index >= 15 is 0 Å². The molecule has 0 spiro atoms. The van der Waals surface area contributed by atoms with Crippen LogP contribution >= 0.6 is 0 Å². The van der Waals surface area contributed by atoms with Crippen LogP contribution < -0.4 is 5.32 Å². The number of alkyl carbamates (subject to hydrolysis) is 1. The molecule has 0 heterocycles. The predicted octanol–water partition coefficient (Wildman–Crippen LogP) is 1.54. The van der Waals surface area contributed by atoms with Gasteiger partial charge in [-0.3, -0.25) is 0 Å². The van der Waals surface area contributed by atoms with E-state index in [0.717, 1.165) is 0 Å². The van der Waals surface area contributed by atoms with Crippen LogP contribution in [0.15, 0.2) is 12.7 Å². The second-order valence-corrected chi connectivity index (χ2v) is 3.11. The van der Waals surface area contributed by atoms with E-state index < -0.39 is 17.6 Å². The summed E-state index contributed by atoms with van der Waals surface area (Å²) in [7, 11) is 0. The van der Waals surface area contributed by atoms with Gasteiger partial charge in [0, 0.05) is 0 Å². The molecule has 0 bridgehead atoms. The molecule has 0 radical (unpaired) electrons. The first kappa shape index (κ1) is 13.5. The third kappa shape index (κ3) is 3.61. The summed E-state index contributed by atoms with van der Waals surface area (Å²) in [5, 5.41) is 11.4. The molecule has 86 valence electrons. The van der Waals surface area contributed by atoms with Gasteiger partial charge in [0.1, 0.15) is 12.1 Å². The normalized spacial score (nSPS) is 10.5. The van der Waals surface area contributed by atoms with Crippen molar-refractivity contribution in [3.63, 3.8) is 0 Å². The number of carbonyl (C=O) groups is 2. The average molecular weight is 215 g/mol. The van der Waals surface area contributed by atoms with Crippen LogP contribution in [0.1, 0.15) is 26.7 Å². The van der Waals surface area contributed by atoms with Crippen molar-refractivity contribution in [2.75, 3.05) is 6.61 Å². The van der Waals surface area contributed by atoms with Gasteiger partial charge in [0.2, 0.25) is 0 Å². The van der Waals surface area contributed by atoms with Crippen molar-refractivity contribution in [3.05, 3.63) is 12.7 Å². The van der Waals surface area contributed by atoms with Crippen molar-refractivity contribution in [3.8, 4) is 0 Å². The van der Waals surface area contributed by atoms with Crippen LogP contribution in [-0.4, -0.2) is 29.3 Å². The van der Waals surface area contributed by atoms with Gasteiger partial charge >= 0.3 is 12.1 Å². The zero-order valence-corrected chi connectivity index (χ0v) is 9.08. The number of aliphatic carboxylic acids is 1. The molecule has 0 aromatic rings. The van der Waals surface area contributed by atoms with E-state index in [-0.39, 0.29) is 6.61 Å². The van der Waals surface area contributed by atoms with Crippen LogP contribution in [0, 0.1) is 0 Å². The lowest BCUT2D eigenvalue weighted by molar-refractivity contribution is -0.145. The van der Waals surface area contributed by atoms with Gasteiger partial charge in [-0.1, -0.05) is 26.5 Å². The Hall–Kier alpha value is -1.52. The number of carboxylic acid groups (broad SMARTS) is 1. The van der Waals surface area contributed by atoms with Gasteiger partial charge in [0.15, 0.2) is 0 Å². The largest absolute Gasteiger partial charge is 0.480 e. The fourth-order valence-corrected chi connectivity index (χ4v) is 1.15. The third-order valence-electron chi connectivity index (χ3n) is 2.29. The molecular weight excluding hydrogens is 198 g/mol. The molecule has 0 aliphatic rings. The van der Waals surface area contributed by atoms with Crippen LogP contribution in [0.5, 0.6) is 0 Å². The van der Waals surface area contributed by atoms with Crippen LogP contribution in [-0.2, 0) is 9.53 Å². The molecule has 0 saturated heterocycles. The molecule has 2 N–H and O–H groups in total. The molecule has 0 atom stereocenters. The predicted molar refractivity (Wildman–Crippen MR) is 55.6 cm³/mol. The standard InChI is InChI=1S/C10H17NO4/c1-4-7-15-9(14)11-10(5-2,6-3)8(12)13/h4H,1,5-7H2,2-3H3,(H,11,14)(H,12,13). The maximum absolute atomic E-state index is 11.2. The minimum Gasteiger partial charge on any atom is -0.480 e. The Labute approximate surface area is 89.1 Å². The summed E-state index contributed by atoms with van der Waals surface area (Å²) in [4.78, 5) is 22.2. The van der Waals surface area contributed by atoms with E-state index in [2.05, 4.69) is 16.6 Å². The molecular formula is C10H17NO4. The van der Waals surface area contributed by atoms with Crippen molar-refractivity contribution in [1.29, 1.82) is 0 Å². The molecule has 0 rings (SSSR count). The monoisotopic (exact) mass is 215 g/mol. The Morgan fingerprint density at radius 1 is 1.47 bits per heavy atom. The molecule has 0 unspecified atom stereocenters. The minimum absolute atomic E-state index is 0.0644. The maximum Gasteiger partial charge on any atom is 0.408 e. The lowest BCUT2D eigenvalue weighted by Crippen LogP contribution is -2.53. The number of carboxylic acids is 1. The molecule has 5 heteroatoms. The van der Waals surface area contributed by atoms with Crippen LogP contribution in [0.4, 0.5) is 4.79 Å². The van der Waals surface area contributed by atoms with Gasteiger partial charge in [-0.25, -0.2) is 9.59 Å². The summed E-state index contributed by atoms with van der Waals surface area (Å²) in [6.45, 7) is 6.85. The third-order valence-corrected chi connectivity index (χ3v) is 2.29. The van der Waals surface area contributed by atoms with Crippen molar-refractivity contribution >= 4 is 12.1 Å². The number of hydrogen-bond donors (Lipinski definition) is 2. The highest BCUT2D eigenvalue weighted by Gasteiger charge is 2.36. The summed E-state index contributed by atoms with van der Waals surface area (Å²) < 4.78 is 4.67. The molecule has 0 aromatic heterocycles. The summed E-state index contributed by atoms with van der Waals surface area (Å²) in [5.74, 6) is -1.05. The second-order valence-electron chi connectivity index (χ2n) is 3.11. The Balaban J connectivity index is 4.47. The van der Waals surface area contributed by atoms with Crippen LogP contribution in [0.3, 0.4) is 0 Å². The van der Waals surface area contributed by atoms with Gasteiger partial charge in [0.25, 0.3) is 0 Å². The van der Waals surface area contributed by atoms with E-state index in [1.807, 2.05) is 0 Å². The Morgan fingerprint density at radius 2 is 2.00 bits per heavy atom. The summed E-state index contributed by atoms with van der Waals surface area (Å²) in [6, 6.07) is 0. The number of carbonyl (C=O) groups excluding carboxylic acids is 1. The van der Waals surface area contributed by atoms with E-state index in [4.69, 9.17) is 5.11 Å². The summed E-state index contributed by atoms with van der Waals surface area (Å²) in [5.41, 5.74) is -1.24. The van der Waals surface area contributed by atoms with E-state index in [9.17, 15) is 9.59 Å². The smallest absolute Gasteiger partial charge is 0.408 e. The van der Waals surface area contributed by atoms with Gasteiger partial charge in [-0.15, -0.1) is 0 Å². The molecule has 0 aliphatic carbocycles. The van der Waals surface area contributed by atoms with Crippen molar-refractivity contribution < 1.29 is 19.4 Å². The second kappa shape index (κ2) is 6.06. The zero-order chi connectivity index (χ0) is 11.9. The Morgan fingerprint density at radius 3 is 2.33 bits per heavy atom. The minimum atomic E-state index is -1.24. The fourth-order valence-electron chi connectivity index (χ4n) is 1.15. The summed E-state index contributed by atoms with van der Waals surface area (Å²) >= 11 is 0. The SMILES string of the molecule is C=CCOC(=O)NC(CC)(CC)C(=O)O. The van der Waals surface area contributed by atoms with Gasteiger partial charge in [0.05, 0.1) is 0 Å². The highest BCUT2D eigenvalue weighted by atomic mass is 16.5. The molecule has 0 fully saturated rings. The van der Waals surface area contributed by atoms with Gasteiger partial charge in [-0.2, -0.15) is 0 Å². The number of amides is 1. The zero-order valence-electron chi connectivity index (χ0n) is 9.08. The van der Waals surface area contributed by atoms with E-state index in [1.54, 1.807) is 13.8 Å². The first-order valence-electron chi connectivity index (χ1n) is 4.81. The van der Waals surface area contributed by atoms with E-state index in [1.165, 1.54) is 6.08 Å². The van der Waals surface area contributed by atoms with E-state index in [0.29, 0.717) is 12.8 Å². The first-order chi connectivity index (χ1) is 7.02. The maximum atomic E-state index is 11.2. The number of rotatable bonds is 6. The highest BCUT2D eigenvalue weighted by molar-refractivity contribution is 5.84. The van der Waals surface area contributed by atoms with Gasteiger partial charge < -0.3 is 15.2 Å². The molecule has 15 heavy (non-hydrogen) atoms. The molecule has 5 nitrogen and oxygen atoms in total. The van der Waals surface area contributed by atoms with Crippen molar-refractivity contribution in [2.24, 2.45) is 0 Å². The van der Waals surface area contributed by atoms with Crippen LogP contribution in [0.2, 0.25) is 0 Å². The Kier molecular flexibility index (Phi) is 5.44. The first-order valence-corrected chi connectivity index (χ1v) is 4.81. The number of hydrogen-bond acceptors (Lipinski definition) is 3. The number of ether oxygens (including phenoxy) is 1.